The average molecular weight is 248 g/mol. The predicted molar refractivity (Wildman–Crippen MR) is 69.3 cm³/mol. The van der Waals surface area contributed by atoms with Crippen molar-refractivity contribution in [2.75, 3.05) is 4.31 Å². The van der Waals surface area contributed by atoms with Crippen LogP contribution in [0.4, 0.5) is 10.5 Å². The molecule has 0 aliphatic carbocycles. The van der Waals surface area contributed by atoms with E-state index in [0.29, 0.717) is 5.69 Å². The second-order valence-electron chi connectivity index (χ2n) is 3.59. The van der Waals surface area contributed by atoms with Gasteiger partial charge in [0, 0.05) is 11.9 Å². The molecule has 2 aromatic rings. The fourth-order valence-corrected chi connectivity index (χ4v) is 1.59. The van der Waals surface area contributed by atoms with Crippen molar-refractivity contribution in [3.8, 4) is 5.69 Å². The van der Waals surface area contributed by atoms with E-state index < -0.39 is 6.03 Å². The molecule has 2 N–H and O–H groups in total. The number of thiol groups is 1. The first-order valence-electron chi connectivity index (χ1n) is 4.97. The highest BCUT2D eigenvalue weighted by atomic mass is 32.1. The Hall–Kier alpha value is -1.95. The number of hydrogen-bond acceptors (Lipinski definition) is 3. The number of primary amides is 1. The standard InChI is InChI=1S/C11H12N4OS/c1-8-6-14(7-13-8)9-2-4-10(5-3-9)15(17)11(12)16/h2-7,17H,1H3,(H2,12,16). The third kappa shape index (κ3) is 2.42. The summed E-state index contributed by atoms with van der Waals surface area (Å²) in [6, 6.07) is 6.65. The first-order chi connectivity index (χ1) is 8.08. The number of benzene rings is 1. The molecular formula is C11H12N4OS. The highest BCUT2D eigenvalue weighted by molar-refractivity contribution is 7.82. The fraction of sp³-hybridized carbons (Fsp3) is 0.0909. The Morgan fingerprint density at radius 1 is 1.41 bits per heavy atom. The van der Waals surface area contributed by atoms with Crippen LogP contribution in [0.3, 0.4) is 0 Å². The molecule has 1 aromatic heterocycles. The monoisotopic (exact) mass is 248 g/mol. The van der Waals surface area contributed by atoms with Gasteiger partial charge in [-0.3, -0.25) is 0 Å². The third-order valence-electron chi connectivity index (χ3n) is 2.31. The lowest BCUT2D eigenvalue weighted by molar-refractivity contribution is 0.257. The molecule has 0 bridgehead atoms. The minimum atomic E-state index is -0.612. The van der Waals surface area contributed by atoms with Gasteiger partial charge in [-0.2, -0.15) is 0 Å². The molecule has 0 radical (unpaired) electrons. The normalized spacial score (nSPS) is 10.2. The van der Waals surface area contributed by atoms with Gasteiger partial charge in [-0.15, -0.1) is 0 Å². The summed E-state index contributed by atoms with van der Waals surface area (Å²) >= 11 is 3.98. The highest BCUT2D eigenvalue weighted by Crippen LogP contribution is 2.18. The van der Waals surface area contributed by atoms with Crippen LogP contribution >= 0.6 is 12.8 Å². The number of rotatable bonds is 2. The number of aryl methyl sites for hydroxylation is 1. The molecule has 0 atom stereocenters. The number of urea groups is 1. The molecule has 0 aliphatic rings. The van der Waals surface area contributed by atoms with E-state index in [4.69, 9.17) is 5.73 Å². The van der Waals surface area contributed by atoms with Gasteiger partial charge in [-0.25, -0.2) is 14.1 Å². The molecule has 1 aromatic carbocycles. The van der Waals surface area contributed by atoms with Crippen molar-refractivity contribution in [2.24, 2.45) is 5.73 Å². The van der Waals surface area contributed by atoms with Gasteiger partial charge in [0.2, 0.25) is 0 Å². The smallest absolute Gasteiger partial charge is 0.329 e. The Morgan fingerprint density at radius 2 is 2.06 bits per heavy atom. The summed E-state index contributed by atoms with van der Waals surface area (Å²) in [5.41, 5.74) is 7.65. The third-order valence-corrected chi connectivity index (χ3v) is 2.74. The number of imidazole rings is 1. The topological polar surface area (TPSA) is 64.2 Å². The Balaban J connectivity index is 2.27. The van der Waals surface area contributed by atoms with E-state index in [-0.39, 0.29) is 0 Å². The van der Waals surface area contributed by atoms with Crippen molar-refractivity contribution in [2.45, 2.75) is 6.92 Å². The minimum absolute atomic E-state index is 0.612. The van der Waals surface area contributed by atoms with Crippen LogP contribution in [0.15, 0.2) is 36.8 Å². The van der Waals surface area contributed by atoms with E-state index in [1.807, 2.05) is 29.8 Å². The summed E-state index contributed by atoms with van der Waals surface area (Å²) in [6.45, 7) is 1.92. The zero-order valence-corrected chi connectivity index (χ0v) is 10.1. The van der Waals surface area contributed by atoms with Gasteiger partial charge < -0.3 is 10.3 Å². The zero-order chi connectivity index (χ0) is 12.4. The summed E-state index contributed by atoms with van der Waals surface area (Å²) in [5.74, 6) is 0. The van der Waals surface area contributed by atoms with Gasteiger partial charge in [-0.05, 0) is 31.2 Å². The molecule has 0 spiro atoms. The molecule has 2 rings (SSSR count). The van der Waals surface area contributed by atoms with Gasteiger partial charge in [0.25, 0.3) is 0 Å². The molecule has 0 fully saturated rings. The van der Waals surface area contributed by atoms with E-state index in [2.05, 4.69) is 17.8 Å². The quantitative estimate of drug-likeness (QED) is 0.797. The van der Waals surface area contributed by atoms with Crippen LogP contribution in [-0.2, 0) is 0 Å². The Kier molecular flexibility index (Phi) is 3.06. The number of nitrogens with two attached hydrogens (primary N) is 1. The lowest BCUT2D eigenvalue weighted by Crippen LogP contribution is -2.27. The molecule has 0 aliphatic heterocycles. The van der Waals surface area contributed by atoms with Gasteiger partial charge in [0.05, 0.1) is 17.7 Å². The summed E-state index contributed by atoms with van der Waals surface area (Å²) < 4.78 is 2.98. The van der Waals surface area contributed by atoms with Crippen molar-refractivity contribution in [3.05, 3.63) is 42.5 Å². The molecule has 5 nitrogen and oxygen atoms in total. The predicted octanol–water partition coefficient (Wildman–Crippen LogP) is 1.91. The van der Waals surface area contributed by atoms with Gasteiger partial charge in [-0.1, -0.05) is 12.8 Å². The summed E-state index contributed by atoms with van der Waals surface area (Å²) in [5, 5.41) is 0. The Labute approximate surface area is 104 Å². The second-order valence-corrected chi connectivity index (χ2v) is 3.99. The number of nitrogens with zero attached hydrogens (tertiary/aromatic N) is 3. The Bertz CT molecular complexity index is 535. The van der Waals surface area contributed by atoms with E-state index >= 15 is 0 Å². The van der Waals surface area contributed by atoms with Crippen molar-refractivity contribution < 1.29 is 4.79 Å². The van der Waals surface area contributed by atoms with Crippen molar-refractivity contribution >= 4 is 24.5 Å². The van der Waals surface area contributed by atoms with Gasteiger partial charge in [0.1, 0.15) is 0 Å². The molecular weight excluding hydrogens is 236 g/mol. The maximum Gasteiger partial charge on any atom is 0.329 e. The number of hydrogen-bond donors (Lipinski definition) is 2. The molecule has 0 unspecified atom stereocenters. The van der Waals surface area contributed by atoms with Crippen LogP contribution in [0.5, 0.6) is 0 Å². The van der Waals surface area contributed by atoms with Gasteiger partial charge >= 0.3 is 6.03 Å². The fourth-order valence-electron chi connectivity index (χ4n) is 1.46. The molecule has 88 valence electrons. The number of carbonyl (C=O) groups excluding carboxylic acids is 1. The average Bonchev–Trinajstić information content (AvgIpc) is 2.75. The van der Waals surface area contributed by atoms with E-state index in [1.54, 1.807) is 18.5 Å². The Morgan fingerprint density at radius 3 is 2.53 bits per heavy atom. The van der Waals surface area contributed by atoms with Crippen molar-refractivity contribution in [1.29, 1.82) is 0 Å². The maximum absolute atomic E-state index is 10.9. The lowest BCUT2D eigenvalue weighted by Gasteiger charge is -2.12. The molecule has 0 saturated heterocycles. The first kappa shape index (κ1) is 11.5. The van der Waals surface area contributed by atoms with E-state index in [9.17, 15) is 4.79 Å². The van der Waals surface area contributed by atoms with Crippen LogP contribution in [0.25, 0.3) is 5.69 Å². The van der Waals surface area contributed by atoms with Crippen molar-refractivity contribution in [1.82, 2.24) is 9.55 Å². The second kappa shape index (κ2) is 4.50. The summed E-state index contributed by atoms with van der Waals surface area (Å²) in [4.78, 5) is 15.1. The molecule has 6 heteroatoms. The van der Waals surface area contributed by atoms with Gasteiger partial charge in [0.15, 0.2) is 0 Å². The zero-order valence-electron chi connectivity index (χ0n) is 9.24. The van der Waals surface area contributed by atoms with Crippen LogP contribution < -0.4 is 10.0 Å². The highest BCUT2D eigenvalue weighted by Gasteiger charge is 2.07. The number of carbonyl (C=O) groups is 1. The summed E-state index contributed by atoms with van der Waals surface area (Å²) in [7, 11) is 0. The SMILES string of the molecule is Cc1cn(-c2ccc(N(S)C(N)=O)cc2)cn1. The molecule has 0 saturated carbocycles. The largest absolute Gasteiger partial charge is 0.350 e. The lowest BCUT2D eigenvalue weighted by atomic mass is 10.3. The van der Waals surface area contributed by atoms with Crippen LogP contribution in [0.1, 0.15) is 5.69 Å². The number of anilines is 1. The summed E-state index contributed by atoms with van der Waals surface area (Å²) in [6.07, 6.45) is 3.65. The van der Waals surface area contributed by atoms with Crippen LogP contribution in [0.2, 0.25) is 0 Å². The number of amides is 2. The molecule has 1 heterocycles. The molecule has 2 amide bonds. The van der Waals surface area contributed by atoms with E-state index in [0.717, 1.165) is 15.7 Å². The van der Waals surface area contributed by atoms with Crippen LogP contribution in [-0.4, -0.2) is 15.6 Å². The maximum atomic E-state index is 10.9. The first-order valence-corrected chi connectivity index (χ1v) is 5.37. The van der Waals surface area contributed by atoms with E-state index in [1.165, 1.54) is 0 Å². The van der Waals surface area contributed by atoms with Crippen molar-refractivity contribution in [3.63, 3.8) is 0 Å². The van der Waals surface area contributed by atoms with Crippen LogP contribution in [0, 0.1) is 6.92 Å². The minimum Gasteiger partial charge on any atom is -0.350 e. The number of aromatic nitrogens is 2. The molecule has 17 heavy (non-hydrogen) atoms.